The zero-order valence-electron chi connectivity index (χ0n) is 14.6. The molecule has 3 rings (SSSR count). The molecule has 1 saturated heterocycles. The molecule has 0 aromatic heterocycles. The second-order valence-corrected chi connectivity index (χ2v) is 8.81. The Labute approximate surface area is 172 Å². The molecule has 28 heavy (non-hydrogen) atoms. The summed E-state index contributed by atoms with van der Waals surface area (Å²) in [7, 11) is -4.04. The van der Waals surface area contributed by atoms with Crippen molar-refractivity contribution in [2.24, 2.45) is 0 Å². The summed E-state index contributed by atoms with van der Waals surface area (Å²) < 4.78 is 45.9. The maximum atomic E-state index is 14.2. The molecular weight excluding hydrogens is 430 g/mol. The highest BCUT2D eigenvalue weighted by atomic mass is 35.5. The lowest BCUT2D eigenvalue weighted by Gasteiger charge is -2.26. The highest BCUT2D eigenvalue weighted by Crippen LogP contribution is 2.26. The summed E-state index contributed by atoms with van der Waals surface area (Å²) in [4.78, 5) is 11.8. The van der Waals surface area contributed by atoms with Gasteiger partial charge in [-0.15, -0.1) is 0 Å². The van der Waals surface area contributed by atoms with Crippen LogP contribution in [0.4, 0.5) is 10.1 Å². The van der Waals surface area contributed by atoms with E-state index in [1.807, 2.05) is 0 Å². The van der Waals surface area contributed by atoms with Gasteiger partial charge in [0.2, 0.25) is 15.9 Å². The van der Waals surface area contributed by atoms with E-state index in [0.29, 0.717) is 15.6 Å². The summed E-state index contributed by atoms with van der Waals surface area (Å²) in [5, 5.41) is 3.25. The largest absolute Gasteiger partial charge is 0.379 e. The summed E-state index contributed by atoms with van der Waals surface area (Å²) >= 11 is 12.1. The number of hydrogen-bond donors (Lipinski definition) is 1. The molecule has 150 valence electrons. The smallest absolute Gasteiger partial charge is 0.246 e. The summed E-state index contributed by atoms with van der Waals surface area (Å²) in [6, 6.07) is 8.29. The third kappa shape index (κ3) is 4.64. The Balaban J connectivity index is 1.80. The summed E-state index contributed by atoms with van der Waals surface area (Å²) in [6.07, 6.45) is -0.110. The number of carbonyl (C=O) groups is 1. The maximum absolute atomic E-state index is 14.2. The Morgan fingerprint density at radius 3 is 2.43 bits per heavy atom. The quantitative estimate of drug-likeness (QED) is 0.763. The van der Waals surface area contributed by atoms with Gasteiger partial charge in [-0.2, -0.15) is 4.31 Å². The average Bonchev–Trinajstić information content (AvgIpc) is 2.67. The SMILES string of the molecule is O=C(Cc1c(Cl)cccc1Cl)Nc1ccc(F)c(S(=O)(=O)N2CCOCC2)c1. The van der Waals surface area contributed by atoms with Crippen LogP contribution in [0, 0.1) is 5.82 Å². The van der Waals surface area contributed by atoms with Gasteiger partial charge in [0.1, 0.15) is 10.7 Å². The summed E-state index contributed by atoms with van der Waals surface area (Å²) in [5.74, 6) is -1.35. The molecule has 2 aromatic rings. The molecule has 0 spiro atoms. The van der Waals surface area contributed by atoms with E-state index in [-0.39, 0.29) is 38.4 Å². The number of benzene rings is 2. The third-order valence-electron chi connectivity index (χ3n) is 4.20. The van der Waals surface area contributed by atoms with Crippen molar-refractivity contribution in [3.05, 3.63) is 57.8 Å². The molecule has 2 aromatic carbocycles. The van der Waals surface area contributed by atoms with E-state index in [2.05, 4.69) is 5.32 Å². The van der Waals surface area contributed by atoms with E-state index in [1.54, 1.807) is 18.2 Å². The molecule has 1 aliphatic heterocycles. The molecule has 1 N–H and O–H groups in total. The van der Waals surface area contributed by atoms with Gasteiger partial charge in [0, 0.05) is 28.8 Å². The van der Waals surface area contributed by atoms with Crippen molar-refractivity contribution in [3.63, 3.8) is 0 Å². The van der Waals surface area contributed by atoms with E-state index in [0.717, 1.165) is 16.4 Å². The van der Waals surface area contributed by atoms with Crippen molar-refractivity contribution < 1.29 is 22.3 Å². The molecule has 0 unspecified atom stereocenters. The molecule has 1 aliphatic rings. The van der Waals surface area contributed by atoms with Gasteiger partial charge in [0.05, 0.1) is 19.6 Å². The lowest BCUT2D eigenvalue weighted by Crippen LogP contribution is -2.40. The molecule has 1 fully saturated rings. The van der Waals surface area contributed by atoms with Gasteiger partial charge in [-0.3, -0.25) is 4.79 Å². The number of rotatable bonds is 5. The predicted octanol–water partition coefficient (Wildman–Crippen LogP) is 3.33. The van der Waals surface area contributed by atoms with Gasteiger partial charge in [0.15, 0.2) is 0 Å². The number of hydrogen-bond acceptors (Lipinski definition) is 4. The molecule has 1 amide bonds. The molecular formula is C18H17Cl2FN2O4S. The molecule has 0 saturated carbocycles. The molecule has 6 nitrogen and oxygen atoms in total. The minimum absolute atomic E-state index is 0.110. The van der Waals surface area contributed by atoms with Gasteiger partial charge in [-0.25, -0.2) is 12.8 Å². The molecule has 0 aliphatic carbocycles. The topological polar surface area (TPSA) is 75.7 Å². The first-order valence-electron chi connectivity index (χ1n) is 8.39. The first-order valence-corrected chi connectivity index (χ1v) is 10.6. The van der Waals surface area contributed by atoms with Crippen LogP contribution in [0.3, 0.4) is 0 Å². The molecule has 10 heteroatoms. The van der Waals surface area contributed by atoms with Gasteiger partial charge in [-0.05, 0) is 35.9 Å². The Kier molecular flexibility index (Phi) is 6.57. The van der Waals surface area contributed by atoms with Gasteiger partial charge < -0.3 is 10.1 Å². The third-order valence-corrected chi connectivity index (χ3v) is 6.82. The zero-order valence-corrected chi connectivity index (χ0v) is 17.0. The van der Waals surface area contributed by atoms with Crippen LogP contribution in [0.25, 0.3) is 0 Å². The normalized spacial score (nSPS) is 15.4. The van der Waals surface area contributed by atoms with Crippen LogP contribution in [0.1, 0.15) is 5.56 Å². The Bertz CT molecular complexity index is 975. The number of carbonyl (C=O) groups excluding carboxylic acids is 1. The summed E-state index contributed by atoms with van der Waals surface area (Å²) in [5.41, 5.74) is 0.605. The number of amides is 1. The van der Waals surface area contributed by atoms with E-state index < -0.39 is 26.6 Å². The van der Waals surface area contributed by atoms with Crippen molar-refractivity contribution in [1.29, 1.82) is 0 Å². The predicted molar refractivity (Wildman–Crippen MR) is 105 cm³/mol. The Hall–Kier alpha value is -1.71. The number of morpholine rings is 1. The van der Waals surface area contributed by atoms with Gasteiger partial charge in [0.25, 0.3) is 0 Å². The highest BCUT2D eigenvalue weighted by molar-refractivity contribution is 7.89. The first-order chi connectivity index (χ1) is 13.3. The maximum Gasteiger partial charge on any atom is 0.246 e. The van der Waals surface area contributed by atoms with E-state index in [4.69, 9.17) is 27.9 Å². The van der Waals surface area contributed by atoms with Crippen LogP contribution >= 0.6 is 23.2 Å². The molecule has 0 atom stereocenters. The van der Waals surface area contributed by atoms with Gasteiger partial charge in [-0.1, -0.05) is 29.3 Å². The minimum atomic E-state index is -4.04. The molecule has 0 radical (unpaired) electrons. The van der Waals surface area contributed by atoms with Crippen molar-refractivity contribution in [2.75, 3.05) is 31.6 Å². The van der Waals surface area contributed by atoms with Crippen LogP contribution in [0.15, 0.2) is 41.3 Å². The molecule has 1 heterocycles. The zero-order chi connectivity index (χ0) is 20.3. The lowest BCUT2D eigenvalue weighted by molar-refractivity contribution is -0.115. The van der Waals surface area contributed by atoms with Crippen molar-refractivity contribution in [2.45, 2.75) is 11.3 Å². The van der Waals surface area contributed by atoms with Crippen LogP contribution in [-0.4, -0.2) is 44.9 Å². The fraction of sp³-hybridized carbons (Fsp3) is 0.278. The number of halogens is 3. The molecule has 0 bridgehead atoms. The van der Waals surface area contributed by atoms with Crippen LogP contribution in [0.2, 0.25) is 10.0 Å². The average molecular weight is 447 g/mol. The summed E-state index contributed by atoms with van der Waals surface area (Å²) in [6.45, 7) is 0.776. The fourth-order valence-corrected chi connectivity index (χ4v) is 4.80. The fourth-order valence-electron chi connectivity index (χ4n) is 2.77. The van der Waals surface area contributed by atoms with E-state index >= 15 is 0 Å². The van der Waals surface area contributed by atoms with Crippen LogP contribution in [-0.2, 0) is 26.0 Å². The number of nitrogens with zero attached hydrogens (tertiary/aromatic N) is 1. The van der Waals surface area contributed by atoms with Gasteiger partial charge >= 0.3 is 0 Å². The van der Waals surface area contributed by atoms with E-state index in [9.17, 15) is 17.6 Å². The van der Waals surface area contributed by atoms with E-state index in [1.165, 1.54) is 6.07 Å². The minimum Gasteiger partial charge on any atom is -0.379 e. The van der Waals surface area contributed by atoms with Crippen molar-refractivity contribution in [3.8, 4) is 0 Å². The number of sulfonamides is 1. The lowest BCUT2D eigenvalue weighted by atomic mass is 10.1. The number of anilines is 1. The number of nitrogens with one attached hydrogen (secondary N) is 1. The second-order valence-electron chi connectivity index (χ2n) is 6.09. The first kappa shape index (κ1) is 21.0. The highest BCUT2D eigenvalue weighted by Gasteiger charge is 2.29. The Morgan fingerprint density at radius 2 is 1.79 bits per heavy atom. The Morgan fingerprint density at radius 1 is 1.14 bits per heavy atom. The monoisotopic (exact) mass is 446 g/mol. The number of ether oxygens (including phenoxy) is 1. The van der Waals surface area contributed by atoms with Crippen LogP contribution < -0.4 is 5.32 Å². The van der Waals surface area contributed by atoms with Crippen LogP contribution in [0.5, 0.6) is 0 Å². The standard InChI is InChI=1S/C18H17Cl2FN2O4S/c19-14-2-1-3-15(20)13(14)11-18(24)22-12-4-5-16(21)17(10-12)28(25,26)23-6-8-27-9-7-23/h1-5,10H,6-9,11H2,(H,22,24). The second kappa shape index (κ2) is 8.75. The van der Waals surface area contributed by atoms with Crippen molar-refractivity contribution >= 4 is 44.8 Å². The van der Waals surface area contributed by atoms with Crippen molar-refractivity contribution in [1.82, 2.24) is 4.31 Å².